The molecule has 0 aromatic heterocycles. The van der Waals surface area contributed by atoms with Crippen LogP contribution in [0.3, 0.4) is 0 Å². The van der Waals surface area contributed by atoms with Gasteiger partial charge in [0.05, 0.1) is 0 Å². The van der Waals surface area contributed by atoms with E-state index in [1.165, 1.54) is 0 Å². The summed E-state index contributed by atoms with van der Waals surface area (Å²) in [6.07, 6.45) is 1.04. The molecule has 6 nitrogen and oxygen atoms in total. The van der Waals surface area contributed by atoms with E-state index in [1.807, 2.05) is 13.8 Å². The molecule has 0 aromatic carbocycles. The first-order valence-corrected chi connectivity index (χ1v) is 9.35. The summed E-state index contributed by atoms with van der Waals surface area (Å²) in [5.41, 5.74) is 0. The third-order valence-electron chi connectivity index (χ3n) is 3.76. The molecule has 0 heterocycles. The minimum absolute atomic E-state index is 0.0248. The third-order valence-corrected chi connectivity index (χ3v) is 3.76. The summed E-state index contributed by atoms with van der Waals surface area (Å²) in [6.45, 7) is 18.8. The highest BCUT2D eigenvalue weighted by molar-refractivity contribution is 5.80. The van der Waals surface area contributed by atoms with Crippen molar-refractivity contribution >= 4 is 11.9 Å². The van der Waals surface area contributed by atoms with E-state index in [2.05, 4.69) is 60.5 Å². The molecule has 0 spiro atoms. The summed E-state index contributed by atoms with van der Waals surface area (Å²) in [4.78, 5) is 18.6. The summed E-state index contributed by atoms with van der Waals surface area (Å²) in [5.74, 6) is 0.926. The number of carbonyl (C=O) groups is 1. The van der Waals surface area contributed by atoms with Gasteiger partial charge in [-0.15, -0.1) is 0 Å². The molecule has 6 heteroatoms. The molecule has 24 heavy (non-hydrogen) atoms. The Balaban J connectivity index is 4.16. The van der Waals surface area contributed by atoms with Crippen LogP contribution in [-0.4, -0.2) is 61.6 Å². The summed E-state index contributed by atoms with van der Waals surface area (Å²) < 4.78 is 0. The van der Waals surface area contributed by atoms with Crippen LogP contribution in [-0.2, 0) is 4.79 Å². The maximum atomic E-state index is 11.5. The zero-order valence-electron chi connectivity index (χ0n) is 16.8. The Kier molecular flexibility index (Phi) is 12.3. The van der Waals surface area contributed by atoms with Crippen molar-refractivity contribution < 1.29 is 4.79 Å². The van der Waals surface area contributed by atoms with E-state index in [1.54, 1.807) is 0 Å². The van der Waals surface area contributed by atoms with Gasteiger partial charge in [0.2, 0.25) is 5.91 Å². The number of nitrogens with one attached hydrogen (secondary N) is 3. The Bertz CT molecular complexity index is 358. The second-order valence-electron chi connectivity index (χ2n) is 6.91. The minimum Gasteiger partial charge on any atom is -0.357 e. The second kappa shape index (κ2) is 13.0. The van der Waals surface area contributed by atoms with Gasteiger partial charge in [-0.1, -0.05) is 13.8 Å². The standard InChI is InChI=1S/C18H39N5O/c1-8-19-18(22-12-11-20-17(24)14(2)3)21-10-9-13-23(15(4)5)16(6)7/h14-16H,8-13H2,1-7H3,(H,20,24)(H2,19,21,22). The van der Waals surface area contributed by atoms with Gasteiger partial charge in [-0.3, -0.25) is 14.7 Å². The zero-order chi connectivity index (χ0) is 18.5. The van der Waals surface area contributed by atoms with Gasteiger partial charge in [-0.2, -0.15) is 0 Å². The van der Waals surface area contributed by atoms with E-state index >= 15 is 0 Å². The molecular formula is C18H39N5O. The molecule has 0 rings (SSSR count). The van der Waals surface area contributed by atoms with E-state index in [4.69, 9.17) is 0 Å². The molecule has 142 valence electrons. The van der Waals surface area contributed by atoms with Gasteiger partial charge in [-0.25, -0.2) is 0 Å². The molecule has 0 saturated heterocycles. The van der Waals surface area contributed by atoms with Crippen LogP contribution < -0.4 is 16.0 Å². The van der Waals surface area contributed by atoms with Crippen molar-refractivity contribution in [3.63, 3.8) is 0 Å². The average molecular weight is 342 g/mol. The van der Waals surface area contributed by atoms with Gasteiger partial charge < -0.3 is 16.0 Å². The van der Waals surface area contributed by atoms with Gasteiger partial charge in [0, 0.05) is 50.7 Å². The Labute approximate surface area is 148 Å². The lowest BCUT2D eigenvalue weighted by Crippen LogP contribution is -2.42. The highest BCUT2D eigenvalue weighted by atomic mass is 16.1. The topological polar surface area (TPSA) is 68.8 Å². The average Bonchev–Trinajstić information content (AvgIpc) is 2.49. The van der Waals surface area contributed by atoms with Crippen molar-refractivity contribution in [2.24, 2.45) is 10.9 Å². The highest BCUT2D eigenvalue weighted by Gasteiger charge is 2.12. The summed E-state index contributed by atoms with van der Waals surface area (Å²) in [5, 5.41) is 9.39. The third kappa shape index (κ3) is 10.5. The zero-order valence-corrected chi connectivity index (χ0v) is 16.8. The number of carbonyl (C=O) groups excluding carboxylic acids is 1. The molecule has 3 N–H and O–H groups in total. The van der Waals surface area contributed by atoms with Crippen molar-refractivity contribution in [3.05, 3.63) is 0 Å². The van der Waals surface area contributed by atoms with Crippen LogP contribution in [0.5, 0.6) is 0 Å². The van der Waals surface area contributed by atoms with Crippen LogP contribution in [0.25, 0.3) is 0 Å². The van der Waals surface area contributed by atoms with Crippen molar-refractivity contribution in [2.45, 2.75) is 67.0 Å². The first-order valence-electron chi connectivity index (χ1n) is 9.35. The predicted molar refractivity (Wildman–Crippen MR) is 103 cm³/mol. The molecule has 0 aliphatic rings. The number of hydrogen-bond acceptors (Lipinski definition) is 3. The Morgan fingerprint density at radius 1 is 0.958 bits per heavy atom. The SMILES string of the molecule is CCNC(=NCCCN(C(C)C)C(C)C)NCCNC(=O)C(C)C. The number of hydrogen-bond donors (Lipinski definition) is 3. The molecule has 0 atom stereocenters. The molecule has 0 fully saturated rings. The van der Waals surface area contributed by atoms with Gasteiger partial charge in [0.15, 0.2) is 5.96 Å². The van der Waals surface area contributed by atoms with Gasteiger partial charge in [0.25, 0.3) is 0 Å². The van der Waals surface area contributed by atoms with Crippen LogP contribution in [0.2, 0.25) is 0 Å². The van der Waals surface area contributed by atoms with E-state index in [9.17, 15) is 4.79 Å². The smallest absolute Gasteiger partial charge is 0.222 e. The maximum absolute atomic E-state index is 11.5. The number of nitrogens with zero attached hydrogens (tertiary/aromatic N) is 2. The Morgan fingerprint density at radius 3 is 2.04 bits per heavy atom. The molecule has 0 aliphatic carbocycles. The van der Waals surface area contributed by atoms with Gasteiger partial charge in [-0.05, 0) is 41.0 Å². The quantitative estimate of drug-likeness (QED) is 0.305. The van der Waals surface area contributed by atoms with Crippen LogP contribution in [0.15, 0.2) is 4.99 Å². The van der Waals surface area contributed by atoms with Crippen molar-refractivity contribution in [1.29, 1.82) is 0 Å². The second-order valence-corrected chi connectivity index (χ2v) is 6.91. The predicted octanol–water partition coefficient (Wildman–Crippen LogP) is 1.82. The molecule has 1 amide bonds. The summed E-state index contributed by atoms with van der Waals surface area (Å²) in [6, 6.07) is 1.12. The normalized spacial score (nSPS) is 12.4. The first-order chi connectivity index (χ1) is 11.3. The molecule has 0 unspecified atom stereocenters. The lowest BCUT2D eigenvalue weighted by molar-refractivity contribution is -0.123. The largest absolute Gasteiger partial charge is 0.357 e. The number of amides is 1. The Hall–Kier alpha value is -1.30. The van der Waals surface area contributed by atoms with E-state index in [0.717, 1.165) is 32.0 Å². The Morgan fingerprint density at radius 2 is 1.54 bits per heavy atom. The lowest BCUT2D eigenvalue weighted by Gasteiger charge is -2.30. The van der Waals surface area contributed by atoms with Crippen LogP contribution >= 0.6 is 0 Å². The van der Waals surface area contributed by atoms with Gasteiger partial charge in [0.1, 0.15) is 0 Å². The molecule has 0 saturated carbocycles. The molecular weight excluding hydrogens is 302 g/mol. The fraction of sp³-hybridized carbons (Fsp3) is 0.889. The highest BCUT2D eigenvalue weighted by Crippen LogP contribution is 2.05. The van der Waals surface area contributed by atoms with Crippen LogP contribution in [0.1, 0.15) is 54.9 Å². The minimum atomic E-state index is 0.0248. The van der Waals surface area contributed by atoms with Crippen LogP contribution in [0.4, 0.5) is 0 Å². The number of guanidine groups is 1. The van der Waals surface area contributed by atoms with E-state index in [0.29, 0.717) is 25.2 Å². The number of aliphatic imine (C=N–C) groups is 1. The molecule has 0 bridgehead atoms. The van der Waals surface area contributed by atoms with Crippen molar-refractivity contribution in [1.82, 2.24) is 20.9 Å². The number of rotatable bonds is 11. The fourth-order valence-corrected chi connectivity index (χ4v) is 2.47. The molecule has 0 radical (unpaired) electrons. The van der Waals surface area contributed by atoms with Gasteiger partial charge >= 0.3 is 0 Å². The van der Waals surface area contributed by atoms with Crippen LogP contribution in [0, 0.1) is 5.92 Å². The van der Waals surface area contributed by atoms with Crippen molar-refractivity contribution in [2.75, 3.05) is 32.7 Å². The lowest BCUT2D eigenvalue weighted by atomic mass is 10.2. The molecule has 0 aliphatic heterocycles. The van der Waals surface area contributed by atoms with E-state index in [-0.39, 0.29) is 11.8 Å². The van der Waals surface area contributed by atoms with Crippen molar-refractivity contribution in [3.8, 4) is 0 Å². The first kappa shape index (κ1) is 22.7. The van der Waals surface area contributed by atoms with E-state index < -0.39 is 0 Å². The molecule has 0 aromatic rings. The summed E-state index contributed by atoms with van der Waals surface area (Å²) >= 11 is 0. The summed E-state index contributed by atoms with van der Waals surface area (Å²) in [7, 11) is 0. The maximum Gasteiger partial charge on any atom is 0.222 e. The fourth-order valence-electron chi connectivity index (χ4n) is 2.47. The monoisotopic (exact) mass is 341 g/mol.